The maximum absolute atomic E-state index is 11.7. The van der Waals surface area contributed by atoms with Crippen molar-refractivity contribution in [1.82, 2.24) is 19.4 Å². The Balaban J connectivity index is 1.50. The Morgan fingerprint density at radius 2 is 2.12 bits per heavy atom. The molecule has 0 aromatic carbocycles. The Kier molecular flexibility index (Phi) is 4.57. The molecule has 2 saturated heterocycles. The molecule has 132 valence electrons. The van der Waals surface area contributed by atoms with Crippen molar-refractivity contribution in [3.63, 3.8) is 0 Å². The third-order valence-corrected chi connectivity index (χ3v) is 5.72. The van der Waals surface area contributed by atoms with Crippen molar-refractivity contribution in [2.45, 2.75) is 38.8 Å². The fourth-order valence-corrected chi connectivity index (χ4v) is 4.46. The van der Waals surface area contributed by atoms with Crippen LogP contribution in [0, 0.1) is 5.92 Å². The van der Waals surface area contributed by atoms with Gasteiger partial charge < -0.3 is 9.47 Å². The number of rotatable bonds is 3. The Hall–Kier alpha value is -2.14. The van der Waals surface area contributed by atoms with Gasteiger partial charge in [0.2, 0.25) is 5.91 Å². The van der Waals surface area contributed by atoms with Crippen LogP contribution >= 0.6 is 0 Å². The molecule has 4 heterocycles. The molecule has 0 saturated carbocycles. The molecule has 0 bridgehead atoms. The number of likely N-dealkylation sites (tertiary alicyclic amines) is 2. The highest BCUT2D eigenvalue weighted by Crippen LogP contribution is 2.32. The van der Waals surface area contributed by atoms with Crippen LogP contribution in [-0.4, -0.2) is 50.9 Å². The normalized spacial score (nSPS) is 24.1. The summed E-state index contributed by atoms with van der Waals surface area (Å²) in [7, 11) is 0. The molecule has 2 aliphatic rings. The maximum atomic E-state index is 11.7. The molecule has 2 aliphatic heterocycles. The van der Waals surface area contributed by atoms with E-state index in [9.17, 15) is 4.79 Å². The van der Waals surface area contributed by atoms with E-state index in [-0.39, 0.29) is 5.91 Å². The van der Waals surface area contributed by atoms with E-state index >= 15 is 0 Å². The summed E-state index contributed by atoms with van der Waals surface area (Å²) in [6.45, 7) is 5.62. The molecule has 2 fully saturated rings. The second-order valence-electron chi connectivity index (χ2n) is 7.25. The quantitative estimate of drug-likeness (QED) is 0.864. The van der Waals surface area contributed by atoms with Crippen LogP contribution in [0.25, 0.3) is 5.82 Å². The van der Waals surface area contributed by atoms with E-state index in [4.69, 9.17) is 0 Å². The lowest BCUT2D eigenvalue weighted by molar-refractivity contribution is -0.132. The molecular weight excluding hydrogens is 312 g/mol. The van der Waals surface area contributed by atoms with Crippen molar-refractivity contribution in [2.75, 3.05) is 19.6 Å². The van der Waals surface area contributed by atoms with Gasteiger partial charge in [-0.25, -0.2) is 4.98 Å². The molecule has 5 heteroatoms. The van der Waals surface area contributed by atoms with Crippen molar-refractivity contribution < 1.29 is 4.79 Å². The minimum Gasteiger partial charge on any atom is -0.343 e. The molecule has 25 heavy (non-hydrogen) atoms. The topological polar surface area (TPSA) is 41.4 Å². The number of hydrogen-bond acceptors (Lipinski definition) is 3. The van der Waals surface area contributed by atoms with Crippen molar-refractivity contribution in [3.8, 4) is 5.82 Å². The molecule has 1 amide bonds. The highest BCUT2D eigenvalue weighted by Gasteiger charge is 2.36. The maximum Gasteiger partial charge on any atom is 0.219 e. The van der Waals surface area contributed by atoms with Crippen molar-refractivity contribution >= 4 is 5.91 Å². The minimum atomic E-state index is 0.222. The lowest BCUT2D eigenvalue weighted by Gasteiger charge is -2.47. The smallest absolute Gasteiger partial charge is 0.219 e. The van der Waals surface area contributed by atoms with Gasteiger partial charge in [0.25, 0.3) is 0 Å². The standard InChI is InChI=1S/C20H26N4O/c1-16(25)22-13-9-19-17(14-22)6-4-11-23(19)15-18-7-5-12-24(18)20-8-2-3-10-21-20/h2-3,5,7-8,10,12,17,19H,4,6,9,11,13-15H2,1H3/t17-,19+/m1/s1. The van der Waals surface area contributed by atoms with Crippen LogP contribution in [0.15, 0.2) is 42.7 Å². The van der Waals surface area contributed by atoms with Crippen LogP contribution in [0.2, 0.25) is 0 Å². The number of aromatic nitrogens is 2. The number of piperidine rings is 2. The second kappa shape index (κ2) is 7.00. The molecule has 5 nitrogen and oxygen atoms in total. The average molecular weight is 338 g/mol. The van der Waals surface area contributed by atoms with E-state index in [2.05, 4.69) is 32.8 Å². The first-order valence-electron chi connectivity index (χ1n) is 9.29. The third kappa shape index (κ3) is 3.33. The first-order chi connectivity index (χ1) is 12.2. The fraction of sp³-hybridized carbons (Fsp3) is 0.500. The fourth-order valence-electron chi connectivity index (χ4n) is 4.46. The van der Waals surface area contributed by atoms with E-state index in [0.29, 0.717) is 12.0 Å². The van der Waals surface area contributed by atoms with Gasteiger partial charge in [0, 0.05) is 50.7 Å². The summed E-state index contributed by atoms with van der Waals surface area (Å²) in [5, 5.41) is 0. The molecule has 2 atom stereocenters. The number of amides is 1. The summed E-state index contributed by atoms with van der Waals surface area (Å²) in [5.41, 5.74) is 1.29. The van der Waals surface area contributed by atoms with Crippen molar-refractivity contribution in [1.29, 1.82) is 0 Å². The summed E-state index contributed by atoms with van der Waals surface area (Å²) in [5.74, 6) is 1.81. The largest absolute Gasteiger partial charge is 0.343 e. The predicted octanol–water partition coefficient (Wildman–Crippen LogP) is 2.71. The van der Waals surface area contributed by atoms with Crippen LogP contribution < -0.4 is 0 Å². The molecule has 2 aromatic rings. The van der Waals surface area contributed by atoms with E-state index in [0.717, 1.165) is 38.4 Å². The van der Waals surface area contributed by atoms with Gasteiger partial charge in [0.15, 0.2) is 0 Å². The van der Waals surface area contributed by atoms with E-state index in [1.807, 2.05) is 29.3 Å². The van der Waals surface area contributed by atoms with Gasteiger partial charge in [-0.3, -0.25) is 9.69 Å². The number of fused-ring (bicyclic) bond motifs is 1. The molecule has 0 aliphatic carbocycles. The molecule has 2 aromatic heterocycles. The summed E-state index contributed by atoms with van der Waals surface area (Å²) < 4.78 is 2.19. The molecule has 0 N–H and O–H groups in total. The number of carbonyl (C=O) groups excluding carboxylic acids is 1. The van der Waals surface area contributed by atoms with Gasteiger partial charge in [-0.05, 0) is 56.0 Å². The number of nitrogens with zero attached hydrogens (tertiary/aromatic N) is 4. The van der Waals surface area contributed by atoms with Gasteiger partial charge >= 0.3 is 0 Å². The second-order valence-corrected chi connectivity index (χ2v) is 7.25. The third-order valence-electron chi connectivity index (χ3n) is 5.72. The lowest BCUT2D eigenvalue weighted by atomic mass is 9.83. The zero-order valence-corrected chi connectivity index (χ0v) is 14.8. The van der Waals surface area contributed by atoms with Crippen LogP contribution in [0.1, 0.15) is 31.9 Å². The highest BCUT2D eigenvalue weighted by atomic mass is 16.2. The van der Waals surface area contributed by atoms with Gasteiger partial charge in [-0.2, -0.15) is 0 Å². The number of carbonyl (C=O) groups is 1. The molecule has 0 spiro atoms. The van der Waals surface area contributed by atoms with Crippen LogP contribution in [0.3, 0.4) is 0 Å². The average Bonchev–Trinajstić information content (AvgIpc) is 3.10. The molecule has 4 rings (SSSR count). The highest BCUT2D eigenvalue weighted by molar-refractivity contribution is 5.73. The Morgan fingerprint density at radius 3 is 2.92 bits per heavy atom. The SMILES string of the molecule is CC(=O)N1CC[C@H]2[C@H](CCCN2Cc2cccn2-c2ccccn2)C1. The Labute approximate surface area is 149 Å². The van der Waals surface area contributed by atoms with E-state index in [1.165, 1.54) is 18.5 Å². The summed E-state index contributed by atoms with van der Waals surface area (Å²) in [6.07, 6.45) is 7.49. The molecule has 0 radical (unpaired) electrons. The predicted molar refractivity (Wildman–Crippen MR) is 97.4 cm³/mol. The Bertz CT molecular complexity index is 726. The van der Waals surface area contributed by atoms with Crippen molar-refractivity contribution in [3.05, 3.63) is 48.4 Å². The summed E-state index contributed by atoms with van der Waals surface area (Å²) in [4.78, 5) is 20.9. The first-order valence-corrected chi connectivity index (χ1v) is 9.29. The molecular formula is C20H26N4O. The monoisotopic (exact) mass is 338 g/mol. The van der Waals surface area contributed by atoms with Crippen LogP contribution in [0.5, 0.6) is 0 Å². The minimum absolute atomic E-state index is 0.222. The van der Waals surface area contributed by atoms with Crippen molar-refractivity contribution in [2.24, 2.45) is 5.92 Å². The van der Waals surface area contributed by atoms with Crippen LogP contribution in [-0.2, 0) is 11.3 Å². The van der Waals surface area contributed by atoms with Gasteiger partial charge in [-0.15, -0.1) is 0 Å². The number of pyridine rings is 1. The van der Waals surface area contributed by atoms with Crippen LogP contribution in [0.4, 0.5) is 0 Å². The zero-order valence-electron chi connectivity index (χ0n) is 14.8. The van der Waals surface area contributed by atoms with E-state index in [1.54, 1.807) is 6.92 Å². The lowest BCUT2D eigenvalue weighted by Crippen LogP contribution is -2.54. The Morgan fingerprint density at radius 1 is 1.20 bits per heavy atom. The van der Waals surface area contributed by atoms with Gasteiger partial charge in [-0.1, -0.05) is 6.07 Å². The van der Waals surface area contributed by atoms with Gasteiger partial charge in [0.1, 0.15) is 5.82 Å². The molecule has 0 unspecified atom stereocenters. The first kappa shape index (κ1) is 16.3. The summed E-state index contributed by atoms with van der Waals surface area (Å²) in [6, 6.07) is 10.9. The number of hydrogen-bond donors (Lipinski definition) is 0. The summed E-state index contributed by atoms with van der Waals surface area (Å²) >= 11 is 0. The van der Waals surface area contributed by atoms with Gasteiger partial charge in [0.05, 0.1) is 0 Å². The van der Waals surface area contributed by atoms with E-state index < -0.39 is 0 Å². The zero-order chi connectivity index (χ0) is 17.2.